The van der Waals surface area contributed by atoms with E-state index in [-0.39, 0.29) is 36.7 Å². The van der Waals surface area contributed by atoms with Crippen LogP contribution in [0.2, 0.25) is 0 Å². The first-order chi connectivity index (χ1) is 12.4. The summed E-state index contributed by atoms with van der Waals surface area (Å²) in [4.78, 5) is 37.8. The van der Waals surface area contributed by atoms with Crippen LogP contribution in [0.15, 0.2) is 30.3 Å². The Balaban J connectivity index is 1.60. The predicted octanol–water partition coefficient (Wildman–Crippen LogP) is 0.145. The van der Waals surface area contributed by atoms with Crippen LogP contribution in [0.1, 0.15) is 38.2 Å². The molecule has 2 fully saturated rings. The first-order valence-electron chi connectivity index (χ1n) is 8.97. The molecule has 5 atom stereocenters. The molecule has 7 nitrogen and oxygen atoms in total. The number of nitrogens with one attached hydrogen (secondary N) is 2. The molecule has 1 aliphatic carbocycles. The van der Waals surface area contributed by atoms with Crippen molar-refractivity contribution in [2.75, 3.05) is 6.54 Å². The lowest BCUT2D eigenvalue weighted by Gasteiger charge is -2.26. The molecule has 26 heavy (non-hydrogen) atoms. The Morgan fingerprint density at radius 2 is 1.88 bits per heavy atom. The molecular formula is C19H25N3O4. The van der Waals surface area contributed by atoms with Crippen molar-refractivity contribution in [2.24, 2.45) is 0 Å². The highest BCUT2D eigenvalue weighted by molar-refractivity contribution is 5.92. The first kappa shape index (κ1) is 18.4. The van der Waals surface area contributed by atoms with E-state index in [1.165, 1.54) is 17.4 Å². The largest absolute Gasteiger partial charge is 0.391 e. The highest BCUT2D eigenvalue weighted by Crippen LogP contribution is 2.40. The van der Waals surface area contributed by atoms with Crippen molar-refractivity contribution in [3.63, 3.8) is 0 Å². The summed E-state index contributed by atoms with van der Waals surface area (Å²) < 4.78 is 0. The molecule has 0 radical (unpaired) electrons. The molecule has 2 aliphatic rings. The maximum atomic E-state index is 12.7. The van der Waals surface area contributed by atoms with E-state index < -0.39 is 18.2 Å². The highest BCUT2D eigenvalue weighted by atomic mass is 16.3. The van der Waals surface area contributed by atoms with Crippen molar-refractivity contribution in [1.29, 1.82) is 0 Å². The van der Waals surface area contributed by atoms with Crippen molar-refractivity contribution >= 4 is 17.7 Å². The second-order valence-electron chi connectivity index (χ2n) is 7.19. The van der Waals surface area contributed by atoms with Crippen molar-refractivity contribution in [2.45, 2.75) is 56.8 Å². The Labute approximate surface area is 152 Å². The lowest BCUT2D eigenvalue weighted by molar-refractivity contribution is -0.141. The summed E-state index contributed by atoms with van der Waals surface area (Å²) in [6, 6.07) is 8.62. The average molecular weight is 359 g/mol. The van der Waals surface area contributed by atoms with Gasteiger partial charge in [0.25, 0.3) is 0 Å². The summed E-state index contributed by atoms with van der Waals surface area (Å²) in [5.41, 5.74) is 1.19. The van der Waals surface area contributed by atoms with Gasteiger partial charge in [0.1, 0.15) is 12.1 Å². The van der Waals surface area contributed by atoms with Gasteiger partial charge in [-0.3, -0.25) is 14.4 Å². The fourth-order valence-electron chi connectivity index (χ4n) is 3.62. The molecule has 1 unspecified atom stereocenters. The number of hydrogen-bond acceptors (Lipinski definition) is 4. The monoisotopic (exact) mass is 359 g/mol. The summed E-state index contributed by atoms with van der Waals surface area (Å²) in [6.45, 7) is 3.02. The van der Waals surface area contributed by atoms with Gasteiger partial charge in [0.2, 0.25) is 17.7 Å². The van der Waals surface area contributed by atoms with E-state index >= 15 is 0 Å². The van der Waals surface area contributed by atoms with E-state index in [0.29, 0.717) is 5.92 Å². The average Bonchev–Trinajstić information content (AvgIpc) is 3.25. The van der Waals surface area contributed by atoms with Gasteiger partial charge in [-0.25, -0.2) is 0 Å². The number of carbonyl (C=O) groups excluding carboxylic acids is 3. The molecule has 1 heterocycles. The Bertz CT molecular complexity index is 693. The molecule has 1 aliphatic heterocycles. The van der Waals surface area contributed by atoms with Crippen molar-refractivity contribution < 1.29 is 19.5 Å². The van der Waals surface area contributed by atoms with E-state index in [1.807, 2.05) is 30.3 Å². The minimum Gasteiger partial charge on any atom is -0.391 e. The molecule has 1 saturated carbocycles. The fraction of sp³-hybridized carbons (Fsp3) is 0.526. The highest BCUT2D eigenvalue weighted by Gasteiger charge is 2.44. The molecule has 140 valence electrons. The topological polar surface area (TPSA) is 98.7 Å². The predicted molar refractivity (Wildman–Crippen MR) is 95.1 cm³/mol. The van der Waals surface area contributed by atoms with E-state index in [2.05, 4.69) is 10.6 Å². The summed E-state index contributed by atoms with van der Waals surface area (Å²) in [5.74, 6) is -0.607. The van der Waals surface area contributed by atoms with Gasteiger partial charge in [-0.1, -0.05) is 30.3 Å². The Hall–Kier alpha value is -2.41. The molecule has 1 aromatic carbocycles. The zero-order chi connectivity index (χ0) is 18.8. The summed E-state index contributed by atoms with van der Waals surface area (Å²) in [7, 11) is 0. The van der Waals surface area contributed by atoms with Crippen LogP contribution in [0.3, 0.4) is 0 Å². The molecule has 1 aromatic rings. The Morgan fingerprint density at radius 1 is 1.19 bits per heavy atom. The first-order valence-corrected chi connectivity index (χ1v) is 8.97. The van der Waals surface area contributed by atoms with E-state index in [1.54, 1.807) is 6.92 Å². The zero-order valence-corrected chi connectivity index (χ0v) is 15.0. The van der Waals surface area contributed by atoms with Crippen LogP contribution < -0.4 is 10.6 Å². The van der Waals surface area contributed by atoms with Crippen LogP contribution in [0.25, 0.3) is 0 Å². The number of amides is 3. The van der Waals surface area contributed by atoms with Gasteiger partial charge in [0.15, 0.2) is 0 Å². The standard InChI is InChI=1S/C19H25N3O4/c1-11(20-12(2)23)19(26)22-10-14(24)8-17(22)18(25)21-16-9-15(16)13-6-4-3-5-7-13/h3-7,11,14-17,24H,8-10H2,1-2H3,(H,20,23)(H,21,25)/t11?,14-,15-,16+,17+/m1/s1. The molecule has 0 aromatic heterocycles. The summed E-state index contributed by atoms with van der Waals surface area (Å²) in [5, 5.41) is 15.5. The molecule has 0 spiro atoms. The van der Waals surface area contributed by atoms with Crippen LogP contribution in [-0.2, 0) is 14.4 Å². The lowest BCUT2D eigenvalue weighted by Crippen LogP contribution is -2.52. The quantitative estimate of drug-likeness (QED) is 0.697. The van der Waals surface area contributed by atoms with E-state index in [9.17, 15) is 19.5 Å². The van der Waals surface area contributed by atoms with Crippen LogP contribution >= 0.6 is 0 Å². The molecule has 7 heteroatoms. The summed E-state index contributed by atoms with van der Waals surface area (Å²) in [6.07, 6.45) is 0.359. The normalized spacial score (nSPS) is 28.3. The maximum Gasteiger partial charge on any atom is 0.245 e. The Morgan fingerprint density at radius 3 is 2.54 bits per heavy atom. The zero-order valence-electron chi connectivity index (χ0n) is 15.0. The van der Waals surface area contributed by atoms with Gasteiger partial charge in [-0.2, -0.15) is 0 Å². The van der Waals surface area contributed by atoms with E-state index in [4.69, 9.17) is 0 Å². The lowest BCUT2D eigenvalue weighted by atomic mass is 10.1. The van der Waals surface area contributed by atoms with Gasteiger partial charge in [-0.15, -0.1) is 0 Å². The third-order valence-corrected chi connectivity index (χ3v) is 5.00. The van der Waals surface area contributed by atoms with Gasteiger partial charge >= 0.3 is 0 Å². The van der Waals surface area contributed by atoms with Gasteiger partial charge in [-0.05, 0) is 18.9 Å². The second kappa shape index (κ2) is 7.45. The van der Waals surface area contributed by atoms with Crippen LogP contribution in [0.5, 0.6) is 0 Å². The number of hydrogen-bond donors (Lipinski definition) is 3. The third-order valence-electron chi connectivity index (χ3n) is 5.00. The van der Waals surface area contributed by atoms with Crippen molar-refractivity contribution in [3.8, 4) is 0 Å². The number of likely N-dealkylation sites (tertiary alicyclic amines) is 1. The molecular weight excluding hydrogens is 334 g/mol. The van der Waals surface area contributed by atoms with Crippen LogP contribution in [-0.4, -0.2) is 58.5 Å². The number of aliphatic hydroxyl groups is 1. The van der Waals surface area contributed by atoms with Crippen LogP contribution in [0.4, 0.5) is 0 Å². The van der Waals surface area contributed by atoms with Crippen molar-refractivity contribution in [3.05, 3.63) is 35.9 Å². The number of nitrogens with zero attached hydrogens (tertiary/aromatic N) is 1. The second-order valence-corrected chi connectivity index (χ2v) is 7.19. The third kappa shape index (κ3) is 4.04. The minimum atomic E-state index is -0.733. The molecule has 3 amide bonds. The van der Waals surface area contributed by atoms with E-state index in [0.717, 1.165) is 6.42 Å². The molecule has 3 N–H and O–H groups in total. The van der Waals surface area contributed by atoms with Gasteiger partial charge in [0.05, 0.1) is 6.10 Å². The molecule has 1 saturated heterocycles. The molecule has 0 bridgehead atoms. The SMILES string of the molecule is CC(=O)NC(C)C(=O)N1C[C@H](O)C[C@H]1C(=O)N[C@H]1C[C@@H]1c1ccccc1. The summed E-state index contributed by atoms with van der Waals surface area (Å²) >= 11 is 0. The number of rotatable bonds is 5. The number of benzene rings is 1. The smallest absolute Gasteiger partial charge is 0.245 e. The van der Waals surface area contributed by atoms with Crippen LogP contribution in [0, 0.1) is 0 Å². The maximum absolute atomic E-state index is 12.7. The molecule has 3 rings (SSSR count). The Kier molecular flexibility index (Phi) is 5.27. The number of aliphatic hydroxyl groups excluding tert-OH is 1. The van der Waals surface area contributed by atoms with Gasteiger partial charge in [0, 0.05) is 31.8 Å². The minimum absolute atomic E-state index is 0.0624. The number of β-amino-alcohol motifs (C(OH)–C–C–N with tert-alkyl or cyclic N) is 1. The van der Waals surface area contributed by atoms with Gasteiger partial charge < -0.3 is 20.6 Å². The fourth-order valence-corrected chi connectivity index (χ4v) is 3.62. The number of carbonyl (C=O) groups is 3. The van der Waals surface area contributed by atoms with Crippen molar-refractivity contribution in [1.82, 2.24) is 15.5 Å².